The van der Waals surface area contributed by atoms with Crippen molar-refractivity contribution in [1.29, 1.82) is 0 Å². The molecular formula is C13H18F3N3. The van der Waals surface area contributed by atoms with Crippen molar-refractivity contribution >= 4 is 5.82 Å². The van der Waals surface area contributed by atoms with Gasteiger partial charge in [-0.2, -0.15) is 13.2 Å². The van der Waals surface area contributed by atoms with Gasteiger partial charge in [0.25, 0.3) is 0 Å². The van der Waals surface area contributed by atoms with Gasteiger partial charge < -0.3 is 10.6 Å². The number of nitrogens with zero attached hydrogens (tertiary/aromatic N) is 2. The molecule has 2 N–H and O–H groups in total. The molecule has 1 aromatic rings. The average Bonchev–Trinajstić information content (AvgIpc) is 2.38. The van der Waals surface area contributed by atoms with Crippen LogP contribution in [0.1, 0.15) is 31.4 Å². The first kappa shape index (κ1) is 14.1. The van der Waals surface area contributed by atoms with Gasteiger partial charge in [-0.3, -0.25) is 0 Å². The SMILES string of the molecule is CC(N)c1ccc(N2CCCC(C(F)(F)F)C2)nc1. The molecule has 19 heavy (non-hydrogen) atoms. The summed E-state index contributed by atoms with van der Waals surface area (Å²) in [6, 6.07) is 3.45. The molecule has 0 aliphatic carbocycles. The van der Waals surface area contributed by atoms with Crippen LogP contribution in [-0.4, -0.2) is 24.2 Å². The van der Waals surface area contributed by atoms with Crippen molar-refractivity contribution in [3.05, 3.63) is 23.9 Å². The van der Waals surface area contributed by atoms with Gasteiger partial charge in [0.2, 0.25) is 0 Å². The Morgan fingerprint density at radius 3 is 2.68 bits per heavy atom. The average molecular weight is 273 g/mol. The lowest BCUT2D eigenvalue weighted by Crippen LogP contribution is -2.42. The van der Waals surface area contributed by atoms with Crippen molar-refractivity contribution < 1.29 is 13.2 Å². The summed E-state index contributed by atoms with van der Waals surface area (Å²) in [6.07, 6.45) is -1.74. The van der Waals surface area contributed by atoms with Crippen LogP contribution < -0.4 is 10.6 Å². The standard InChI is InChI=1S/C13H18F3N3/c1-9(17)10-4-5-12(18-7-10)19-6-2-3-11(8-19)13(14,15)16/h4-5,7,9,11H,2-3,6,8,17H2,1H3. The molecule has 2 rings (SSSR count). The first-order chi connectivity index (χ1) is 8.88. The van der Waals surface area contributed by atoms with Gasteiger partial charge in [-0.05, 0) is 31.4 Å². The van der Waals surface area contributed by atoms with Crippen molar-refractivity contribution in [2.45, 2.75) is 32.0 Å². The summed E-state index contributed by atoms with van der Waals surface area (Å²) >= 11 is 0. The molecule has 6 heteroatoms. The lowest BCUT2D eigenvalue weighted by atomic mass is 9.97. The van der Waals surface area contributed by atoms with E-state index in [-0.39, 0.29) is 19.0 Å². The van der Waals surface area contributed by atoms with E-state index in [9.17, 15) is 13.2 Å². The fourth-order valence-electron chi connectivity index (χ4n) is 2.31. The third-order valence-electron chi connectivity index (χ3n) is 3.50. The van der Waals surface area contributed by atoms with E-state index in [0.29, 0.717) is 18.8 Å². The first-order valence-corrected chi connectivity index (χ1v) is 6.41. The Bertz CT molecular complexity index is 414. The number of aromatic nitrogens is 1. The summed E-state index contributed by atoms with van der Waals surface area (Å²) in [4.78, 5) is 5.92. The van der Waals surface area contributed by atoms with Crippen molar-refractivity contribution in [2.75, 3.05) is 18.0 Å². The number of nitrogens with two attached hydrogens (primary N) is 1. The van der Waals surface area contributed by atoms with Gasteiger partial charge in [0.05, 0.1) is 5.92 Å². The summed E-state index contributed by atoms with van der Waals surface area (Å²) in [5.74, 6) is -0.658. The van der Waals surface area contributed by atoms with Crippen LogP contribution in [-0.2, 0) is 0 Å². The Morgan fingerprint density at radius 1 is 1.42 bits per heavy atom. The second kappa shape index (κ2) is 5.36. The zero-order chi connectivity index (χ0) is 14.0. The number of alkyl halides is 3. The Kier molecular flexibility index (Phi) is 3.99. The van der Waals surface area contributed by atoms with E-state index in [4.69, 9.17) is 5.73 Å². The molecule has 0 bridgehead atoms. The molecule has 1 fully saturated rings. The molecule has 1 aliphatic heterocycles. The fraction of sp³-hybridized carbons (Fsp3) is 0.615. The Morgan fingerprint density at radius 2 is 2.16 bits per heavy atom. The molecule has 1 saturated heterocycles. The molecule has 0 saturated carbocycles. The second-order valence-corrected chi connectivity index (χ2v) is 5.07. The lowest BCUT2D eigenvalue weighted by Gasteiger charge is -2.34. The van der Waals surface area contributed by atoms with Crippen LogP contribution in [0.3, 0.4) is 0 Å². The van der Waals surface area contributed by atoms with Crippen LogP contribution >= 0.6 is 0 Å². The molecule has 3 nitrogen and oxygen atoms in total. The smallest absolute Gasteiger partial charge is 0.356 e. The molecule has 0 radical (unpaired) electrons. The second-order valence-electron chi connectivity index (χ2n) is 5.07. The topological polar surface area (TPSA) is 42.1 Å². The van der Waals surface area contributed by atoms with E-state index in [1.807, 2.05) is 13.0 Å². The minimum atomic E-state index is -4.12. The number of anilines is 1. The number of halogens is 3. The van der Waals surface area contributed by atoms with Gasteiger partial charge >= 0.3 is 6.18 Å². The maximum atomic E-state index is 12.7. The van der Waals surface area contributed by atoms with E-state index >= 15 is 0 Å². The van der Waals surface area contributed by atoms with Crippen molar-refractivity contribution in [3.63, 3.8) is 0 Å². The van der Waals surface area contributed by atoms with Crippen LogP contribution in [0.15, 0.2) is 18.3 Å². The molecule has 1 aromatic heterocycles. The lowest BCUT2D eigenvalue weighted by molar-refractivity contribution is -0.176. The largest absolute Gasteiger partial charge is 0.393 e. The van der Waals surface area contributed by atoms with Gasteiger partial charge in [0, 0.05) is 25.3 Å². The summed E-state index contributed by atoms with van der Waals surface area (Å²) in [5, 5.41) is 0. The van der Waals surface area contributed by atoms with Crippen molar-refractivity contribution in [2.24, 2.45) is 11.7 Å². The zero-order valence-corrected chi connectivity index (χ0v) is 10.8. The monoisotopic (exact) mass is 273 g/mol. The van der Waals surface area contributed by atoms with Gasteiger partial charge in [0.1, 0.15) is 5.82 Å². The van der Waals surface area contributed by atoms with E-state index in [1.165, 1.54) is 0 Å². The quantitative estimate of drug-likeness (QED) is 0.901. The number of piperidine rings is 1. The molecule has 2 unspecified atom stereocenters. The highest BCUT2D eigenvalue weighted by atomic mass is 19.4. The number of hydrogen-bond donors (Lipinski definition) is 1. The van der Waals surface area contributed by atoms with Gasteiger partial charge in [-0.15, -0.1) is 0 Å². The van der Waals surface area contributed by atoms with Gasteiger partial charge in [0.15, 0.2) is 0 Å². The van der Waals surface area contributed by atoms with Crippen LogP contribution in [0.2, 0.25) is 0 Å². The minimum Gasteiger partial charge on any atom is -0.356 e. The molecule has 2 heterocycles. The van der Waals surface area contributed by atoms with Crippen LogP contribution in [0, 0.1) is 5.92 Å². The number of rotatable bonds is 2. The maximum absolute atomic E-state index is 12.7. The third-order valence-corrected chi connectivity index (χ3v) is 3.50. The molecule has 106 valence electrons. The summed E-state index contributed by atoms with van der Waals surface area (Å²) < 4.78 is 38.2. The number of hydrogen-bond acceptors (Lipinski definition) is 3. The normalized spacial score (nSPS) is 22.4. The maximum Gasteiger partial charge on any atom is 0.393 e. The minimum absolute atomic E-state index is 0.00593. The van der Waals surface area contributed by atoms with Gasteiger partial charge in [-0.25, -0.2) is 4.98 Å². The van der Waals surface area contributed by atoms with E-state index in [2.05, 4.69) is 4.98 Å². The highest BCUT2D eigenvalue weighted by molar-refractivity contribution is 5.40. The summed E-state index contributed by atoms with van der Waals surface area (Å²) in [7, 11) is 0. The molecule has 0 spiro atoms. The Labute approximate surface area is 110 Å². The van der Waals surface area contributed by atoms with Crippen molar-refractivity contribution in [3.8, 4) is 0 Å². The highest BCUT2D eigenvalue weighted by Crippen LogP contribution is 2.34. The Balaban J connectivity index is 2.09. The summed E-state index contributed by atoms with van der Waals surface area (Å²) in [5.41, 5.74) is 6.60. The third kappa shape index (κ3) is 3.37. The highest BCUT2D eigenvalue weighted by Gasteiger charge is 2.41. The molecule has 0 aromatic carbocycles. The predicted octanol–water partition coefficient (Wildman–Crippen LogP) is 2.88. The van der Waals surface area contributed by atoms with E-state index in [1.54, 1.807) is 17.2 Å². The van der Waals surface area contributed by atoms with Gasteiger partial charge in [-0.1, -0.05) is 6.07 Å². The van der Waals surface area contributed by atoms with E-state index in [0.717, 1.165) is 5.56 Å². The Hall–Kier alpha value is -1.30. The molecule has 2 atom stereocenters. The van der Waals surface area contributed by atoms with Crippen LogP contribution in [0.4, 0.5) is 19.0 Å². The van der Waals surface area contributed by atoms with Crippen LogP contribution in [0.5, 0.6) is 0 Å². The molecular weight excluding hydrogens is 255 g/mol. The van der Waals surface area contributed by atoms with Crippen LogP contribution in [0.25, 0.3) is 0 Å². The fourth-order valence-corrected chi connectivity index (χ4v) is 2.31. The number of pyridine rings is 1. The first-order valence-electron chi connectivity index (χ1n) is 6.41. The zero-order valence-electron chi connectivity index (χ0n) is 10.8. The van der Waals surface area contributed by atoms with E-state index < -0.39 is 12.1 Å². The van der Waals surface area contributed by atoms with Crippen molar-refractivity contribution in [1.82, 2.24) is 4.98 Å². The summed E-state index contributed by atoms with van der Waals surface area (Å²) in [6.45, 7) is 2.46. The molecule has 0 amide bonds. The molecule has 1 aliphatic rings. The predicted molar refractivity (Wildman–Crippen MR) is 67.8 cm³/mol.